The van der Waals surface area contributed by atoms with E-state index in [0.29, 0.717) is 12.2 Å². The van der Waals surface area contributed by atoms with E-state index in [9.17, 15) is 4.79 Å². The predicted octanol–water partition coefficient (Wildman–Crippen LogP) is 5.05. The van der Waals surface area contributed by atoms with Crippen molar-refractivity contribution in [2.24, 2.45) is 0 Å². The lowest BCUT2D eigenvalue weighted by atomic mass is 10.0. The summed E-state index contributed by atoms with van der Waals surface area (Å²) >= 11 is 1.53. The molecule has 4 nitrogen and oxygen atoms in total. The minimum atomic E-state index is 0.0172. The van der Waals surface area contributed by atoms with Gasteiger partial charge in [-0.15, -0.1) is 11.3 Å². The number of H-pyrrole nitrogens is 1. The van der Waals surface area contributed by atoms with Crippen LogP contribution in [0.2, 0.25) is 0 Å². The number of hydrogen-bond acceptors (Lipinski definition) is 3. The van der Waals surface area contributed by atoms with Gasteiger partial charge in [-0.1, -0.05) is 49.4 Å². The van der Waals surface area contributed by atoms with Gasteiger partial charge in [-0.3, -0.25) is 4.79 Å². The van der Waals surface area contributed by atoms with Gasteiger partial charge in [0, 0.05) is 52.6 Å². The van der Waals surface area contributed by atoms with Crippen LogP contribution in [-0.2, 0) is 19.4 Å². The van der Waals surface area contributed by atoms with Crippen molar-refractivity contribution in [3.8, 4) is 10.6 Å². The molecule has 1 aliphatic heterocycles. The number of aromatic nitrogens is 2. The molecule has 140 valence electrons. The number of hydrogen-bond donors (Lipinski definition) is 1. The maximum absolute atomic E-state index is 13.1. The first-order valence-corrected chi connectivity index (χ1v) is 10.5. The zero-order valence-electron chi connectivity index (χ0n) is 15.7. The van der Waals surface area contributed by atoms with E-state index < -0.39 is 0 Å². The fraction of sp³-hybridized carbons (Fsp3) is 0.217. The van der Waals surface area contributed by atoms with E-state index in [1.54, 1.807) is 0 Å². The van der Waals surface area contributed by atoms with Crippen LogP contribution in [0, 0.1) is 0 Å². The second-order valence-electron chi connectivity index (χ2n) is 7.19. The van der Waals surface area contributed by atoms with Crippen LogP contribution < -0.4 is 0 Å². The van der Waals surface area contributed by atoms with Gasteiger partial charge < -0.3 is 9.88 Å². The molecule has 4 aromatic rings. The maximum atomic E-state index is 13.1. The van der Waals surface area contributed by atoms with E-state index in [2.05, 4.69) is 53.3 Å². The zero-order chi connectivity index (χ0) is 19.1. The zero-order valence-corrected chi connectivity index (χ0v) is 16.6. The Bertz CT molecular complexity index is 1160. The summed E-state index contributed by atoms with van der Waals surface area (Å²) in [6.07, 6.45) is 1.87. The second-order valence-corrected chi connectivity index (χ2v) is 8.05. The van der Waals surface area contributed by atoms with Gasteiger partial charge in [-0.25, -0.2) is 4.98 Å². The van der Waals surface area contributed by atoms with Gasteiger partial charge in [0.15, 0.2) is 0 Å². The average Bonchev–Trinajstić information content (AvgIpc) is 3.38. The standard InChI is InChI=1S/C23H21N3OS/c1-2-15-7-9-16(10-8-15)22-25-21(14-28-22)23(27)26-12-11-20-18(13-26)17-5-3-4-6-19(17)24-20/h3-10,14,24H,2,11-13H2,1H3. The molecule has 0 unspecified atom stereocenters. The summed E-state index contributed by atoms with van der Waals surface area (Å²) in [5.74, 6) is 0.0172. The highest BCUT2D eigenvalue weighted by molar-refractivity contribution is 7.13. The molecular formula is C23H21N3OS. The van der Waals surface area contributed by atoms with Crippen molar-refractivity contribution in [1.82, 2.24) is 14.9 Å². The summed E-state index contributed by atoms with van der Waals surface area (Å²) in [6.45, 7) is 3.50. The van der Waals surface area contributed by atoms with Crippen molar-refractivity contribution in [3.63, 3.8) is 0 Å². The molecule has 5 rings (SSSR count). The fourth-order valence-corrected chi connectivity index (χ4v) is 4.69. The molecule has 1 N–H and O–H groups in total. The van der Waals surface area contributed by atoms with Gasteiger partial charge in [-0.05, 0) is 18.1 Å². The highest BCUT2D eigenvalue weighted by atomic mass is 32.1. The lowest BCUT2D eigenvalue weighted by Gasteiger charge is -2.26. The summed E-state index contributed by atoms with van der Waals surface area (Å²) < 4.78 is 0. The Morgan fingerprint density at radius 1 is 1.18 bits per heavy atom. The van der Waals surface area contributed by atoms with Gasteiger partial charge in [0.1, 0.15) is 10.7 Å². The summed E-state index contributed by atoms with van der Waals surface area (Å²) in [5, 5.41) is 4.00. The van der Waals surface area contributed by atoms with Gasteiger partial charge in [0.2, 0.25) is 0 Å². The lowest BCUT2D eigenvalue weighted by molar-refractivity contribution is 0.0730. The van der Waals surface area contributed by atoms with Crippen LogP contribution in [0.4, 0.5) is 0 Å². The number of carbonyl (C=O) groups excluding carboxylic acids is 1. The number of aryl methyl sites for hydroxylation is 1. The predicted molar refractivity (Wildman–Crippen MR) is 114 cm³/mol. The lowest BCUT2D eigenvalue weighted by Crippen LogP contribution is -2.36. The number of benzene rings is 2. The number of para-hydroxylation sites is 1. The number of nitrogens with one attached hydrogen (secondary N) is 1. The third-order valence-corrected chi connectivity index (χ3v) is 6.39. The first kappa shape index (κ1) is 17.2. The molecule has 5 heteroatoms. The van der Waals surface area contributed by atoms with Crippen molar-refractivity contribution in [3.05, 3.63) is 76.4 Å². The molecule has 2 aromatic carbocycles. The molecular weight excluding hydrogens is 366 g/mol. The third kappa shape index (κ3) is 2.92. The SMILES string of the molecule is CCc1ccc(-c2nc(C(=O)N3CCc4[nH]c5ccccc5c4C3)cs2)cc1. The highest BCUT2D eigenvalue weighted by Gasteiger charge is 2.26. The third-order valence-electron chi connectivity index (χ3n) is 5.50. The number of fused-ring (bicyclic) bond motifs is 3. The van der Waals surface area contributed by atoms with Crippen LogP contribution in [0.1, 0.15) is 34.2 Å². The van der Waals surface area contributed by atoms with E-state index in [1.807, 2.05) is 22.4 Å². The molecule has 28 heavy (non-hydrogen) atoms. The van der Waals surface area contributed by atoms with Crippen molar-refractivity contribution in [2.45, 2.75) is 26.3 Å². The molecule has 0 fully saturated rings. The Labute approximate surface area is 167 Å². The fourth-order valence-electron chi connectivity index (χ4n) is 3.89. The number of carbonyl (C=O) groups is 1. The molecule has 1 amide bonds. The second kappa shape index (κ2) is 6.91. The van der Waals surface area contributed by atoms with Gasteiger partial charge >= 0.3 is 0 Å². The van der Waals surface area contributed by atoms with Gasteiger partial charge in [0.05, 0.1) is 0 Å². The number of nitrogens with zero attached hydrogens (tertiary/aromatic N) is 2. The molecule has 0 spiro atoms. The van der Waals surface area contributed by atoms with Crippen LogP contribution in [0.3, 0.4) is 0 Å². The Kier molecular flexibility index (Phi) is 4.24. The van der Waals surface area contributed by atoms with E-state index >= 15 is 0 Å². The number of thiazole rings is 1. The van der Waals surface area contributed by atoms with Crippen LogP contribution in [-0.4, -0.2) is 27.3 Å². The van der Waals surface area contributed by atoms with Crippen molar-refractivity contribution in [2.75, 3.05) is 6.54 Å². The Hall–Kier alpha value is -2.92. The summed E-state index contributed by atoms with van der Waals surface area (Å²) in [7, 11) is 0. The average molecular weight is 388 g/mol. The Balaban J connectivity index is 1.39. The Morgan fingerprint density at radius 3 is 2.82 bits per heavy atom. The van der Waals surface area contributed by atoms with E-state index in [1.165, 1.54) is 33.5 Å². The minimum Gasteiger partial charge on any atom is -0.358 e. The largest absolute Gasteiger partial charge is 0.358 e. The number of amides is 1. The van der Waals surface area contributed by atoms with E-state index in [-0.39, 0.29) is 5.91 Å². The van der Waals surface area contributed by atoms with E-state index in [0.717, 1.165) is 35.5 Å². The van der Waals surface area contributed by atoms with Crippen LogP contribution in [0.15, 0.2) is 53.9 Å². The van der Waals surface area contributed by atoms with Crippen LogP contribution in [0.25, 0.3) is 21.5 Å². The molecule has 3 heterocycles. The van der Waals surface area contributed by atoms with Crippen molar-refractivity contribution < 1.29 is 4.79 Å². The topological polar surface area (TPSA) is 49.0 Å². The molecule has 1 aliphatic rings. The summed E-state index contributed by atoms with van der Waals surface area (Å²) in [6, 6.07) is 16.7. The quantitative estimate of drug-likeness (QED) is 0.535. The molecule has 0 saturated carbocycles. The van der Waals surface area contributed by atoms with Gasteiger partial charge in [-0.2, -0.15) is 0 Å². The number of rotatable bonds is 3. The van der Waals surface area contributed by atoms with Gasteiger partial charge in [0.25, 0.3) is 5.91 Å². The van der Waals surface area contributed by atoms with Crippen LogP contribution in [0.5, 0.6) is 0 Å². The summed E-state index contributed by atoms with van der Waals surface area (Å²) in [4.78, 5) is 23.1. The van der Waals surface area contributed by atoms with E-state index in [4.69, 9.17) is 0 Å². The molecule has 2 aromatic heterocycles. The molecule has 0 atom stereocenters. The normalized spacial score (nSPS) is 13.7. The number of aromatic amines is 1. The molecule has 0 saturated heterocycles. The van der Waals surface area contributed by atoms with Crippen molar-refractivity contribution in [1.29, 1.82) is 0 Å². The molecule has 0 aliphatic carbocycles. The maximum Gasteiger partial charge on any atom is 0.273 e. The minimum absolute atomic E-state index is 0.0172. The molecule has 0 bridgehead atoms. The first-order valence-electron chi connectivity index (χ1n) is 9.65. The van der Waals surface area contributed by atoms with Crippen molar-refractivity contribution >= 4 is 28.1 Å². The monoisotopic (exact) mass is 387 g/mol. The summed E-state index contributed by atoms with van der Waals surface area (Å²) in [5.41, 5.74) is 6.55. The molecule has 0 radical (unpaired) electrons. The highest BCUT2D eigenvalue weighted by Crippen LogP contribution is 2.29. The smallest absolute Gasteiger partial charge is 0.273 e. The van der Waals surface area contributed by atoms with Crippen LogP contribution >= 0.6 is 11.3 Å². The Morgan fingerprint density at radius 2 is 2.00 bits per heavy atom. The first-order chi connectivity index (χ1) is 13.7.